The molecule has 0 aliphatic rings. The van der Waals surface area contributed by atoms with Crippen molar-refractivity contribution in [1.82, 2.24) is 0 Å². The van der Waals surface area contributed by atoms with Gasteiger partial charge in [-0.2, -0.15) is 0 Å². The number of carbonyl (C=O) groups is 1. The molecule has 0 bridgehead atoms. The van der Waals surface area contributed by atoms with Gasteiger partial charge >= 0.3 is 0 Å². The Kier molecular flexibility index (Phi) is 4.91. The van der Waals surface area contributed by atoms with E-state index in [9.17, 15) is 4.79 Å². The van der Waals surface area contributed by atoms with Crippen molar-refractivity contribution in [3.63, 3.8) is 0 Å². The summed E-state index contributed by atoms with van der Waals surface area (Å²) >= 11 is 0. The van der Waals surface area contributed by atoms with Crippen LogP contribution in [0, 0.1) is 5.92 Å². The van der Waals surface area contributed by atoms with Gasteiger partial charge in [0.15, 0.2) is 0 Å². The normalized spacial score (nSPS) is 13.2. The zero-order valence-electron chi connectivity index (χ0n) is 11.8. The molecule has 1 unspecified atom stereocenters. The number of hydrogen-bond donors (Lipinski definition) is 2. The van der Waals surface area contributed by atoms with E-state index in [1.807, 2.05) is 19.1 Å². The van der Waals surface area contributed by atoms with Crippen LogP contribution in [0.4, 0.5) is 5.69 Å². The molecule has 0 heterocycles. The second-order valence-corrected chi connectivity index (χ2v) is 5.92. The van der Waals surface area contributed by atoms with Crippen LogP contribution in [0.3, 0.4) is 0 Å². The van der Waals surface area contributed by atoms with E-state index >= 15 is 0 Å². The maximum absolute atomic E-state index is 11.7. The van der Waals surface area contributed by atoms with Crippen LogP contribution >= 0.6 is 0 Å². The lowest BCUT2D eigenvalue weighted by molar-refractivity contribution is -0.116. The molecule has 0 spiro atoms. The number of hydrogen-bond acceptors (Lipinski definition) is 2. The van der Waals surface area contributed by atoms with Gasteiger partial charge in [-0.3, -0.25) is 4.79 Å². The predicted octanol–water partition coefficient (Wildman–Crippen LogP) is 2.91. The van der Waals surface area contributed by atoms with Crippen LogP contribution in [0.1, 0.15) is 39.7 Å². The van der Waals surface area contributed by atoms with E-state index in [2.05, 4.69) is 38.2 Å². The second-order valence-electron chi connectivity index (χ2n) is 5.92. The molecule has 0 radical (unpaired) electrons. The number of carbonyl (C=O) groups excluding carboxylic acids is 1. The number of nitrogens with one attached hydrogen (secondary N) is 1. The summed E-state index contributed by atoms with van der Waals surface area (Å²) in [4.78, 5) is 11.7. The van der Waals surface area contributed by atoms with E-state index in [0.717, 1.165) is 5.69 Å². The van der Waals surface area contributed by atoms with Crippen LogP contribution in [0.15, 0.2) is 24.3 Å². The molecule has 1 atom stereocenters. The molecule has 1 aromatic carbocycles. The Labute approximate surface area is 110 Å². The monoisotopic (exact) mass is 248 g/mol. The van der Waals surface area contributed by atoms with Crippen LogP contribution in [0.2, 0.25) is 0 Å². The summed E-state index contributed by atoms with van der Waals surface area (Å²) in [6, 6.07) is 8.02. The Morgan fingerprint density at radius 1 is 1.28 bits per heavy atom. The fourth-order valence-electron chi connectivity index (χ4n) is 1.67. The molecular weight excluding hydrogens is 224 g/mol. The standard InChI is InChI=1S/C15H24N2O/c1-11(10-16)9-14(18)17-13-7-5-12(6-8-13)15(2,3)4/h5-8,11H,9-10,16H2,1-4H3,(H,17,18). The van der Waals surface area contributed by atoms with E-state index < -0.39 is 0 Å². The number of amides is 1. The smallest absolute Gasteiger partial charge is 0.224 e. The van der Waals surface area contributed by atoms with Crippen LogP contribution in [0.25, 0.3) is 0 Å². The van der Waals surface area contributed by atoms with Crippen molar-refractivity contribution in [2.75, 3.05) is 11.9 Å². The zero-order chi connectivity index (χ0) is 13.8. The molecule has 1 amide bonds. The number of benzene rings is 1. The van der Waals surface area contributed by atoms with Gasteiger partial charge in [-0.1, -0.05) is 39.8 Å². The first-order valence-electron chi connectivity index (χ1n) is 6.43. The molecule has 18 heavy (non-hydrogen) atoms. The Bertz CT molecular complexity index is 390. The number of rotatable bonds is 4. The number of nitrogens with two attached hydrogens (primary N) is 1. The Balaban J connectivity index is 2.61. The maximum atomic E-state index is 11.7. The summed E-state index contributed by atoms with van der Waals surface area (Å²) in [5, 5.41) is 2.89. The zero-order valence-corrected chi connectivity index (χ0v) is 11.8. The molecule has 0 saturated carbocycles. The van der Waals surface area contributed by atoms with Crippen molar-refractivity contribution in [2.24, 2.45) is 11.7 Å². The summed E-state index contributed by atoms with van der Waals surface area (Å²) in [6.45, 7) is 9.02. The van der Waals surface area contributed by atoms with E-state index in [1.54, 1.807) is 0 Å². The summed E-state index contributed by atoms with van der Waals surface area (Å²) in [7, 11) is 0. The van der Waals surface area contributed by atoms with Crippen molar-refractivity contribution >= 4 is 11.6 Å². The highest BCUT2D eigenvalue weighted by Crippen LogP contribution is 2.23. The minimum absolute atomic E-state index is 0.0245. The van der Waals surface area contributed by atoms with E-state index in [-0.39, 0.29) is 17.2 Å². The molecule has 100 valence electrons. The third-order valence-corrected chi connectivity index (χ3v) is 2.97. The minimum atomic E-state index is 0.0245. The molecule has 0 aliphatic heterocycles. The molecular formula is C15H24N2O. The van der Waals surface area contributed by atoms with Gasteiger partial charge in [0.05, 0.1) is 0 Å². The van der Waals surface area contributed by atoms with Gasteiger partial charge in [0.25, 0.3) is 0 Å². The molecule has 0 fully saturated rings. The molecule has 1 rings (SSSR count). The predicted molar refractivity (Wildman–Crippen MR) is 76.6 cm³/mol. The molecule has 3 nitrogen and oxygen atoms in total. The summed E-state index contributed by atoms with van der Waals surface area (Å²) in [5.41, 5.74) is 7.74. The summed E-state index contributed by atoms with van der Waals surface area (Å²) < 4.78 is 0. The van der Waals surface area contributed by atoms with E-state index in [0.29, 0.717) is 13.0 Å². The highest BCUT2D eigenvalue weighted by atomic mass is 16.1. The second kappa shape index (κ2) is 6.01. The fraction of sp³-hybridized carbons (Fsp3) is 0.533. The lowest BCUT2D eigenvalue weighted by Crippen LogP contribution is -2.20. The minimum Gasteiger partial charge on any atom is -0.330 e. The average Bonchev–Trinajstić information content (AvgIpc) is 2.28. The Morgan fingerprint density at radius 2 is 1.83 bits per heavy atom. The van der Waals surface area contributed by atoms with Gasteiger partial charge in [-0.25, -0.2) is 0 Å². The first-order chi connectivity index (χ1) is 8.32. The maximum Gasteiger partial charge on any atom is 0.224 e. The van der Waals surface area contributed by atoms with Crippen molar-refractivity contribution in [2.45, 2.75) is 39.5 Å². The third kappa shape index (κ3) is 4.49. The Morgan fingerprint density at radius 3 is 2.28 bits per heavy atom. The largest absolute Gasteiger partial charge is 0.330 e. The van der Waals surface area contributed by atoms with Crippen LogP contribution in [-0.4, -0.2) is 12.5 Å². The average molecular weight is 248 g/mol. The van der Waals surface area contributed by atoms with Crippen LogP contribution < -0.4 is 11.1 Å². The van der Waals surface area contributed by atoms with Crippen LogP contribution in [-0.2, 0) is 10.2 Å². The van der Waals surface area contributed by atoms with Crippen molar-refractivity contribution in [3.8, 4) is 0 Å². The molecule has 0 saturated heterocycles. The van der Waals surface area contributed by atoms with Crippen molar-refractivity contribution in [1.29, 1.82) is 0 Å². The molecule has 3 N–H and O–H groups in total. The van der Waals surface area contributed by atoms with Gasteiger partial charge in [0, 0.05) is 12.1 Å². The first-order valence-corrected chi connectivity index (χ1v) is 6.43. The van der Waals surface area contributed by atoms with E-state index in [1.165, 1.54) is 5.56 Å². The lowest BCUT2D eigenvalue weighted by atomic mass is 9.87. The molecule has 0 aromatic heterocycles. The fourth-order valence-corrected chi connectivity index (χ4v) is 1.67. The molecule has 1 aromatic rings. The van der Waals surface area contributed by atoms with Gasteiger partial charge < -0.3 is 11.1 Å². The summed E-state index contributed by atoms with van der Waals surface area (Å²) in [6.07, 6.45) is 0.470. The van der Waals surface area contributed by atoms with Crippen LogP contribution in [0.5, 0.6) is 0 Å². The quantitative estimate of drug-likeness (QED) is 0.860. The van der Waals surface area contributed by atoms with E-state index in [4.69, 9.17) is 5.73 Å². The van der Waals surface area contributed by atoms with Gasteiger partial charge in [-0.05, 0) is 35.6 Å². The van der Waals surface area contributed by atoms with Crippen molar-refractivity contribution in [3.05, 3.63) is 29.8 Å². The number of anilines is 1. The van der Waals surface area contributed by atoms with Gasteiger partial charge in [0.2, 0.25) is 5.91 Å². The SMILES string of the molecule is CC(CN)CC(=O)Nc1ccc(C(C)(C)C)cc1. The Hall–Kier alpha value is -1.35. The third-order valence-electron chi connectivity index (χ3n) is 2.97. The van der Waals surface area contributed by atoms with Gasteiger partial charge in [0.1, 0.15) is 0 Å². The summed E-state index contributed by atoms with van der Waals surface area (Å²) in [5.74, 6) is 0.246. The topological polar surface area (TPSA) is 55.1 Å². The lowest BCUT2D eigenvalue weighted by Gasteiger charge is -2.19. The van der Waals surface area contributed by atoms with Crippen molar-refractivity contribution < 1.29 is 4.79 Å². The first kappa shape index (κ1) is 14.7. The highest BCUT2D eigenvalue weighted by Gasteiger charge is 2.13. The highest BCUT2D eigenvalue weighted by molar-refractivity contribution is 5.90. The van der Waals surface area contributed by atoms with Gasteiger partial charge in [-0.15, -0.1) is 0 Å². The molecule has 0 aliphatic carbocycles. The molecule has 3 heteroatoms.